The lowest BCUT2D eigenvalue weighted by Gasteiger charge is -2.20. The Balaban J connectivity index is 2.38. The van der Waals surface area contributed by atoms with Gasteiger partial charge in [-0.2, -0.15) is 0 Å². The van der Waals surface area contributed by atoms with Crippen molar-refractivity contribution in [1.82, 2.24) is 9.80 Å². The van der Waals surface area contributed by atoms with Crippen molar-refractivity contribution in [2.45, 2.75) is 20.3 Å². The standard InChI is InChI=1S/C12H18N2O3/c1-9(2)8-13(3)10(15)6-7-14-11(16)4-5-12(14)17/h4-5,9H,6-8H2,1-3H3. The summed E-state index contributed by atoms with van der Waals surface area (Å²) >= 11 is 0. The molecular formula is C12H18N2O3. The second kappa shape index (κ2) is 5.61. The SMILES string of the molecule is CC(C)CN(C)C(=O)CCN1C(=O)C=CC1=O. The topological polar surface area (TPSA) is 57.7 Å². The Bertz CT molecular complexity index is 343. The zero-order valence-electron chi connectivity index (χ0n) is 10.5. The van der Waals surface area contributed by atoms with Gasteiger partial charge in [-0.25, -0.2) is 0 Å². The highest BCUT2D eigenvalue weighted by Gasteiger charge is 2.24. The average Bonchev–Trinajstić information content (AvgIpc) is 2.54. The van der Waals surface area contributed by atoms with Crippen LogP contribution in [-0.2, 0) is 14.4 Å². The lowest BCUT2D eigenvalue weighted by molar-refractivity contribution is -0.138. The van der Waals surface area contributed by atoms with E-state index in [4.69, 9.17) is 0 Å². The molecule has 0 aromatic carbocycles. The third kappa shape index (κ3) is 3.69. The Labute approximate surface area is 101 Å². The summed E-state index contributed by atoms with van der Waals surface area (Å²) in [6.45, 7) is 4.90. The number of hydrogen-bond acceptors (Lipinski definition) is 3. The predicted octanol–water partition coefficient (Wildman–Crippen LogP) is 0.416. The summed E-state index contributed by atoms with van der Waals surface area (Å²) < 4.78 is 0. The van der Waals surface area contributed by atoms with Gasteiger partial charge in [0, 0.05) is 38.7 Å². The van der Waals surface area contributed by atoms with Gasteiger partial charge in [-0.15, -0.1) is 0 Å². The monoisotopic (exact) mass is 238 g/mol. The van der Waals surface area contributed by atoms with E-state index in [2.05, 4.69) is 0 Å². The number of nitrogens with zero attached hydrogens (tertiary/aromatic N) is 2. The molecule has 0 N–H and O–H groups in total. The number of carbonyl (C=O) groups excluding carboxylic acids is 3. The van der Waals surface area contributed by atoms with Crippen molar-refractivity contribution in [3.05, 3.63) is 12.2 Å². The molecule has 1 heterocycles. The molecule has 17 heavy (non-hydrogen) atoms. The van der Waals surface area contributed by atoms with Gasteiger partial charge in [0.25, 0.3) is 11.8 Å². The molecular weight excluding hydrogens is 220 g/mol. The smallest absolute Gasteiger partial charge is 0.253 e. The molecule has 0 bridgehead atoms. The van der Waals surface area contributed by atoms with Crippen LogP contribution in [-0.4, -0.2) is 47.7 Å². The molecule has 0 saturated carbocycles. The van der Waals surface area contributed by atoms with Crippen LogP contribution in [0.4, 0.5) is 0 Å². The molecule has 1 rings (SSSR count). The molecule has 0 unspecified atom stereocenters. The number of carbonyl (C=O) groups is 3. The Hall–Kier alpha value is -1.65. The minimum atomic E-state index is -0.339. The second-order valence-corrected chi connectivity index (χ2v) is 4.58. The van der Waals surface area contributed by atoms with Crippen LogP contribution < -0.4 is 0 Å². The van der Waals surface area contributed by atoms with Gasteiger partial charge in [0.05, 0.1) is 0 Å². The molecule has 0 atom stereocenters. The molecule has 1 aliphatic heterocycles. The van der Waals surface area contributed by atoms with Gasteiger partial charge in [-0.1, -0.05) is 13.8 Å². The molecule has 0 aromatic rings. The van der Waals surface area contributed by atoms with E-state index in [1.807, 2.05) is 13.8 Å². The summed E-state index contributed by atoms with van der Waals surface area (Å²) in [5.41, 5.74) is 0. The molecule has 0 spiro atoms. The first-order valence-electron chi connectivity index (χ1n) is 5.69. The highest BCUT2D eigenvalue weighted by Crippen LogP contribution is 2.06. The molecule has 0 saturated heterocycles. The van der Waals surface area contributed by atoms with Crippen LogP contribution >= 0.6 is 0 Å². The van der Waals surface area contributed by atoms with Gasteiger partial charge < -0.3 is 4.90 Å². The minimum absolute atomic E-state index is 0.0498. The Morgan fingerprint density at radius 3 is 2.29 bits per heavy atom. The quantitative estimate of drug-likeness (QED) is 0.652. The predicted molar refractivity (Wildman–Crippen MR) is 63.0 cm³/mol. The summed E-state index contributed by atoms with van der Waals surface area (Å²) in [6.07, 6.45) is 2.64. The normalized spacial score (nSPS) is 14.9. The molecule has 94 valence electrons. The van der Waals surface area contributed by atoms with Crippen LogP contribution in [0.5, 0.6) is 0 Å². The van der Waals surface area contributed by atoms with Crippen molar-refractivity contribution in [2.24, 2.45) is 5.92 Å². The maximum Gasteiger partial charge on any atom is 0.253 e. The molecule has 5 heteroatoms. The molecule has 0 fully saturated rings. The first kappa shape index (κ1) is 13.4. The van der Waals surface area contributed by atoms with E-state index in [-0.39, 0.29) is 30.7 Å². The summed E-state index contributed by atoms with van der Waals surface area (Å²) in [6, 6.07) is 0. The zero-order chi connectivity index (χ0) is 13.0. The molecule has 5 nitrogen and oxygen atoms in total. The lowest BCUT2D eigenvalue weighted by Crippen LogP contribution is -2.36. The van der Waals surface area contributed by atoms with Crippen molar-refractivity contribution in [3.63, 3.8) is 0 Å². The van der Waals surface area contributed by atoms with Crippen molar-refractivity contribution in [2.75, 3.05) is 20.1 Å². The Morgan fingerprint density at radius 2 is 1.82 bits per heavy atom. The van der Waals surface area contributed by atoms with E-state index in [0.717, 1.165) is 4.90 Å². The fourth-order valence-corrected chi connectivity index (χ4v) is 1.70. The summed E-state index contributed by atoms with van der Waals surface area (Å²) in [4.78, 5) is 36.9. The molecule has 3 amide bonds. The van der Waals surface area contributed by atoms with Gasteiger partial charge in [0.1, 0.15) is 0 Å². The van der Waals surface area contributed by atoms with E-state index >= 15 is 0 Å². The summed E-state index contributed by atoms with van der Waals surface area (Å²) in [7, 11) is 1.73. The minimum Gasteiger partial charge on any atom is -0.345 e. The van der Waals surface area contributed by atoms with Crippen LogP contribution in [0.3, 0.4) is 0 Å². The van der Waals surface area contributed by atoms with E-state index in [1.54, 1.807) is 11.9 Å². The maximum atomic E-state index is 11.7. The first-order chi connectivity index (χ1) is 7.91. The number of rotatable bonds is 5. The number of imide groups is 1. The Kier molecular flexibility index (Phi) is 4.43. The van der Waals surface area contributed by atoms with Crippen molar-refractivity contribution in [1.29, 1.82) is 0 Å². The van der Waals surface area contributed by atoms with Gasteiger partial charge in [0.15, 0.2) is 0 Å². The lowest BCUT2D eigenvalue weighted by atomic mass is 10.2. The average molecular weight is 238 g/mol. The fourth-order valence-electron chi connectivity index (χ4n) is 1.70. The van der Waals surface area contributed by atoms with Crippen LogP contribution in [0, 0.1) is 5.92 Å². The van der Waals surface area contributed by atoms with Gasteiger partial charge >= 0.3 is 0 Å². The second-order valence-electron chi connectivity index (χ2n) is 4.58. The number of amides is 3. The highest BCUT2D eigenvalue weighted by atomic mass is 16.2. The van der Waals surface area contributed by atoms with Crippen LogP contribution in [0.25, 0.3) is 0 Å². The fraction of sp³-hybridized carbons (Fsp3) is 0.583. The van der Waals surface area contributed by atoms with Gasteiger partial charge in [-0.05, 0) is 5.92 Å². The van der Waals surface area contributed by atoms with E-state index in [0.29, 0.717) is 12.5 Å². The third-order valence-electron chi connectivity index (χ3n) is 2.51. The first-order valence-corrected chi connectivity index (χ1v) is 5.69. The van der Waals surface area contributed by atoms with Crippen LogP contribution in [0.2, 0.25) is 0 Å². The molecule has 0 aromatic heterocycles. The van der Waals surface area contributed by atoms with Crippen molar-refractivity contribution in [3.8, 4) is 0 Å². The van der Waals surface area contributed by atoms with Crippen molar-refractivity contribution < 1.29 is 14.4 Å². The van der Waals surface area contributed by atoms with Crippen LogP contribution in [0.1, 0.15) is 20.3 Å². The highest BCUT2D eigenvalue weighted by molar-refractivity contribution is 6.13. The molecule has 0 radical (unpaired) electrons. The number of hydrogen-bond donors (Lipinski definition) is 0. The zero-order valence-corrected chi connectivity index (χ0v) is 10.5. The largest absolute Gasteiger partial charge is 0.345 e. The molecule has 0 aliphatic carbocycles. The molecule has 1 aliphatic rings. The van der Waals surface area contributed by atoms with E-state index < -0.39 is 0 Å². The van der Waals surface area contributed by atoms with E-state index in [9.17, 15) is 14.4 Å². The van der Waals surface area contributed by atoms with E-state index in [1.165, 1.54) is 12.2 Å². The van der Waals surface area contributed by atoms with Gasteiger partial charge in [0.2, 0.25) is 5.91 Å². The van der Waals surface area contributed by atoms with Crippen molar-refractivity contribution >= 4 is 17.7 Å². The Morgan fingerprint density at radius 1 is 1.29 bits per heavy atom. The van der Waals surface area contributed by atoms with Gasteiger partial charge in [-0.3, -0.25) is 19.3 Å². The summed E-state index contributed by atoms with van der Waals surface area (Å²) in [5.74, 6) is -0.324. The third-order valence-corrected chi connectivity index (χ3v) is 2.51. The van der Waals surface area contributed by atoms with Crippen LogP contribution in [0.15, 0.2) is 12.2 Å². The summed E-state index contributed by atoms with van der Waals surface area (Å²) in [5, 5.41) is 0. The maximum absolute atomic E-state index is 11.7.